The van der Waals surface area contributed by atoms with Gasteiger partial charge in [-0.15, -0.1) is 0 Å². The second-order valence-electron chi connectivity index (χ2n) is 5.60. The highest BCUT2D eigenvalue weighted by molar-refractivity contribution is 8.13. The first-order valence-corrected chi connectivity index (χ1v) is 9.91. The molecule has 21 heavy (non-hydrogen) atoms. The molecule has 0 unspecified atom stereocenters. The lowest BCUT2D eigenvalue weighted by atomic mass is 9.95. The number of benzene rings is 1. The minimum Gasteiger partial charge on any atom is -0.273 e. The number of aryl methyl sites for hydroxylation is 1. The molecule has 2 rings (SSSR count). The summed E-state index contributed by atoms with van der Waals surface area (Å²) in [5, 5.41) is 0. The van der Waals surface area contributed by atoms with Crippen LogP contribution in [0.3, 0.4) is 0 Å². The fraction of sp³-hybridized carbons (Fsp3) is 0.417. The average molecular weight is 352 g/mol. The molecule has 0 N–H and O–H groups in total. The van der Waals surface area contributed by atoms with Gasteiger partial charge in [-0.2, -0.15) is 0 Å². The summed E-state index contributed by atoms with van der Waals surface area (Å²) in [5.41, 5.74) is -0.619. The Balaban J connectivity index is 2.59. The van der Waals surface area contributed by atoms with Crippen molar-refractivity contribution in [3.63, 3.8) is 0 Å². The van der Waals surface area contributed by atoms with Crippen molar-refractivity contribution in [2.75, 3.05) is 10.1 Å². The van der Waals surface area contributed by atoms with E-state index in [2.05, 4.69) is 0 Å². The molecule has 1 aromatic carbocycles. The summed E-state index contributed by atoms with van der Waals surface area (Å²) in [6.45, 7) is 4.59. The zero-order valence-electron chi connectivity index (χ0n) is 11.6. The van der Waals surface area contributed by atoms with Crippen LogP contribution in [0.15, 0.2) is 23.1 Å². The Hall–Kier alpha value is -1.12. The van der Waals surface area contributed by atoms with E-state index in [-0.39, 0.29) is 21.9 Å². The number of anilines is 1. The molecule has 1 amide bonds. The first kappa shape index (κ1) is 16.3. The smallest absolute Gasteiger partial charge is 0.261 e. The van der Waals surface area contributed by atoms with Crippen LogP contribution >= 0.6 is 10.7 Å². The number of carbonyl (C=O) groups is 1. The molecule has 0 aliphatic carbocycles. The third kappa shape index (κ3) is 2.79. The molecule has 9 heteroatoms. The van der Waals surface area contributed by atoms with Crippen molar-refractivity contribution >= 4 is 41.4 Å². The average Bonchev–Trinajstić information content (AvgIpc) is 2.41. The molecule has 0 spiro atoms. The van der Waals surface area contributed by atoms with Crippen LogP contribution in [0.4, 0.5) is 5.69 Å². The predicted molar refractivity (Wildman–Crippen MR) is 79.3 cm³/mol. The van der Waals surface area contributed by atoms with Gasteiger partial charge < -0.3 is 0 Å². The second-order valence-corrected chi connectivity index (χ2v) is 9.95. The van der Waals surface area contributed by atoms with Crippen LogP contribution in [0, 0.1) is 12.3 Å². The molecule has 0 aromatic heterocycles. The van der Waals surface area contributed by atoms with Gasteiger partial charge in [-0.3, -0.25) is 4.79 Å². The summed E-state index contributed by atoms with van der Waals surface area (Å²) in [7, 11) is -2.40. The van der Waals surface area contributed by atoms with Gasteiger partial charge in [-0.1, -0.05) is 0 Å². The SMILES string of the molecule is Cc1cc(N2C(=O)C(C)(C)CS2(=O)=O)ccc1S(=O)(=O)Cl. The predicted octanol–water partition coefficient (Wildman–Crippen LogP) is 1.63. The zero-order valence-corrected chi connectivity index (χ0v) is 14.0. The molecular weight excluding hydrogens is 338 g/mol. The van der Waals surface area contributed by atoms with E-state index in [0.29, 0.717) is 0 Å². The number of halogens is 1. The topological polar surface area (TPSA) is 88.6 Å². The Morgan fingerprint density at radius 1 is 1.29 bits per heavy atom. The molecule has 1 aliphatic heterocycles. The first-order chi connectivity index (χ1) is 9.36. The molecule has 0 atom stereocenters. The molecule has 0 radical (unpaired) electrons. The molecule has 1 aromatic rings. The van der Waals surface area contributed by atoms with Gasteiger partial charge in [0.2, 0.25) is 15.9 Å². The number of nitrogens with zero attached hydrogens (tertiary/aromatic N) is 1. The molecule has 0 saturated carbocycles. The number of amides is 1. The van der Waals surface area contributed by atoms with Gasteiger partial charge in [0.15, 0.2) is 0 Å². The fourth-order valence-corrected chi connectivity index (χ4v) is 5.59. The molecule has 1 heterocycles. The minimum absolute atomic E-state index is 0.115. The van der Waals surface area contributed by atoms with Crippen molar-refractivity contribution in [3.8, 4) is 0 Å². The lowest BCUT2D eigenvalue weighted by Crippen LogP contribution is -2.33. The second kappa shape index (κ2) is 4.69. The normalized spacial score (nSPS) is 20.8. The number of rotatable bonds is 2. The third-order valence-electron chi connectivity index (χ3n) is 3.24. The fourth-order valence-electron chi connectivity index (χ4n) is 2.29. The lowest BCUT2D eigenvalue weighted by Gasteiger charge is -2.18. The molecular formula is C12H14ClNO5S2. The van der Waals surface area contributed by atoms with E-state index in [9.17, 15) is 21.6 Å². The standard InChI is InChI=1S/C12H14ClNO5S2/c1-8-6-9(4-5-10(8)21(13,18)19)14-11(15)12(2,3)7-20(14,16)17/h4-6H,7H2,1-3H3. The Labute approximate surface area is 128 Å². The van der Waals surface area contributed by atoms with Crippen LogP contribution in [0.1, 0.15) is 19.4 Å². The first-order valence-electron chi connectivity index (χ1n) is 5.99. The van der Waals surface area contributed by atoms with Crippen molar-refractivity contribution in [2.45, 2.75) is 25.7 Å². The maximum absolute atomic E-state index is 12.2. The molecule has 0 bridgehead atoms. The van der Waals surface area contributed by atoms with E-state index in [1.165, 1.54) is 25.1 Å². The van der Waals surface area contributed by atoms with Crippen LogP contribution in [0.2, 0.25) is 0 Å². The highest BCUT2D eigenvalue weighted by Crippen LogP contribution is 2.36. The highest BCUT2D eigenvalue weighted by atomic mass is 35.7. The number of carbonyl (C=O) groups excluding carboxylic acids is 1. The summed E-state index contributed by atoms with van der Waals surface area (Å²) in [6.07, 6.45) is 0. The molecule has 1 saturated heterocycles. The van der Waals surface area contributed by atoms with Gasteiger partial charge in [0.25, 0.3) is 9.05 Å². The largest absolute Gasteiger partial charge is 0.273 e. The van der Waals surface area contributed by atoms with Crippen molar-refractivity contribution < 1.29 is 21.6 Å². The number of sulfonamides is 1. The summed E-state index contributed by atoms with van der Waals surface area (Å²) < 4.78 is 47.7. The van der Waals surface area contributed by atoms with Crippen LogP contribution in [0.5, 0.6) is 0 Å². The van der Waals surface area contributed by atoms with E-state index in [1.54, 1.807) is 13.8 Å². The molecule has 1 fully saturated rings. The maximum Gasteiger partial charge on any atom is 0.261 e. The van der Waals surface area contributed by atoms with E-state index in [0.717, 1.165) is 4.31 Å². The van der Waals surface area contributed by atoms with E-state index < -0.39 is 30.4 Å². The van der Waals surface area contributed by atoms with Gasteiger partial charge in [0.1, 0.15) is 0 Å². The summed E-state index contributed by atoms with van der Waals surface area (Å²) in [5.74, 6) is -0.823. The van der Waals surface area contributed by atoms with Crippen molar-refractivity contribution in [1.82, 2.24) is 0 Å². The number of hydrogen-bond donors (Lipinski definition) is 0. The Kier molecular flexibility index (Phi) is 3.63. The van der Waals surface area contributed by atoms with E-state index in [4.69, 9.17) is 10.7 Å². The summed E-state index contributed by atoms with van der Waals surface area (Å²) in [6, 6.07) is 3.78. The van der Waals surface area contributed by atoms with Gasteiger partial charge in [0.05, 0.1) is 21.8 Å². The van der Waals surface area contributed by atoms with E-state index >= 15 is 0 Å². The van der Waals surface area contributed by atoms with Crippen molar-refractivity contribution in [1.29, 1.82) is 0 Å². The third-order valence-corrected chi connectivity index (χ3v) is 6.74. The van der Waals surface area contributed by atoms with Gasteiger partial charge >= 0.3 is 0 Å². The Bertz CT molecular complexity index is 827. The van der Waals surface area contributed by atoms with Crippen LogP contribution in [0.25, 0.3) is 0 Å². The minimum atomic E-state index is -3.92. The molecule has 116 valence electrons. The lowest BCUT2D eigenvalue weighted by molar-refractivity contribution is -0.123. The van der Waals surface area contributed by atoms with Gasteiger partial charge in [-0.05, 0) is 44.5 Å². The Morgan fingerprint density at radius 3 is 2.24 bits per heavy atom. The van der Waals surface area contributed by atoms with E-state index in [1.807, 2.05) is 0 Å². The van der Waals surface area contributed by atoms with Gasteiger partial charge in [0, 0.05) is 10.7 Å². The van der Waals surface area contributed by atoms with Crippen LogP contribution in [-0.2, 0) is 23.9 Å². The van der Waals surface area contributed by atoms with Crippen molar-refractivity contribution in [2.24, 2.45) is 5.41 Å². The quantitative estimate of drug-likeness (QED) is 0.755. The summed E-state index contributed by atoms with van der Waals surface area (Å²) in [4.78, 5) is 12.1. The van der Waals surface area contributed by atoms with Crippen LogP contribution in [-0.4, -0.2) is 28.5 Å². The summed E-state index contributed by atoms with van der Waals surface area (Å²) >= 11 is 0. The van der Waals surface area contributed by atoms with Crippen LogP contribution < -0.4 is 4.31 Å². The van der Waals surface area contributed by atoms with Crippen molar-refractivity contribution in [3.05, 3.63) is 23.8 Å². The highest BCUT2D eigenvalue weighted by Gasteiger charge is 2.49. The maximum atomic E-state index is 12.2. The molecule has 6 nitrogen and oxygen atoms in total. The zero-order chi connectivity index (χ0) is 16.2. The van der Waals surface area contributed by atoms with Gasteiger partial charge in [-0.25, -0.2) is 21.1 Å². The molecule has 1 aliphatic rings. The monoisotopic (exact) mass is 351 g/mol. The Morgan fingerprint density at radius 2 is 1.86 bits per heavy atom. The number of hydrogen-bond acceptors (Lipinski definition) is 5.